The highest BCUT2D eigenvalue weighted by Crippen LogP contribution is 2.35. The number of nitrogens with one attached hydrogen (secondary N) is 1. The van der Waals surface area contributed by atoms with Crippen molar-refractivity contribution in [3.8, 4) is 11.8 Å². The van der Waals surface area contributed by atoms with Crippen molar-refractivity contribution in [3.05, 3.63) is 58.1 Å². The van der Waals surface area contributed by atoms with Crippen LogP contribution in [-0.2, 0) is 22.1 Å². The summed E-state index contributed by atoms with van der Waals surface area (Å²) < 4.78 is 51.7. The molecule has 1 atom stereocenters. The fourth-order valence-corrected chi connectivity index (χ4v) is 5.91. The number of nitriles is 1. The Balaban J connectivity index is 0.998. The lowest BCUT2D eigenvalue weighted by molar-refractivity contribution is -0.140. The molecule has 2 aromatic rings. The van der Waals surface area contributed by atoms with Crippen molar-refractivity contribution >= 4 is 23.2 Å². The van der Waals surface area contributed by atoms with Gasteiger partial charge in [0.05, 0.1) is 23.3 Å². The molecule has 2 heterocycles. The second-order valence-electron chi connectivity index (χ2n) is 10.7. The van der Waals surface area contributed by atoms with Gasteiger partial charge in [-0.1, -0.05) is 11.6 Å². The molecule has 214 valence electrons. The van der Waals surface area contributed by atoms with E-state index in [1.807, 2.05) is 23.1 Å². The highest BCUT2D eigenvalue weighted by Gasteiger charge is 2.34. The number of rotatable bonds is 7. The molecule has 1 N–H and O–H groups in total. The van der Waals surface area contributed by atoms with E-state index in [0.29, 0.717) is 23.8 Å². The summed E-state index contributed by atoms with van der Waals surface area (Å²) in [5.74, 6) is 0.881. The van der Waals surface area contributed by atoms with Crippen molar-refractivity contribution in [2.24, 2.45) is 0 Å². The minimum atomic E-state index is -4.58. The molecule has 2 aromatic carbocycles. The molecule has 7 nitrogen and oxygen atoms in total. The number of hydrogen-bond donors (Lipinski definition) is 1. The third kappa shape index (κ3) is 7.00. The van der Waals surface area contributed by atoms with Crippen LogP contribution in [0.15, 0.2) is 36.4 Å². The first-order chi connectivity index (χ1) is 19.2. The van der Waals surface area contributed by atoms with Gasteiger partial charge in [0, 0.05) is 55.9 Å². The third-order valence-corrected chi connectivity index (χ3v) is 8.12. The smallest absolute Gasteiger partial charge is 0.417 e. The number of fused-ring (bicyclic) bond motifs is 1. The van der Waals surface area contributed by atoms with Crippen LogP contribution in [0.5, 0.6) is 5.75 Å². The predicted molar refractivity (Wildman–Crippen MR) is 144 cm³/mol. The summed E-state index contributed by atoms with van der Waals surface area (Å²) in [6.45, 7) is 3.71. The topological polar surface area (TPSA) is 77.8 Å². The normalized spacial score (nSPS) is 23.3. The highest BCUT2D eigenvalue weighted by atomic mass is 35.5. The molecule has 40 heavy (non-hydrogen) atoms. The number of piperazine rings is 1. The van der Waals surface area contributed by atoms with E-state index in [1.165, 1.54) is 12.1 Å². The van der Waals surface area contributed by atoms with Gasteiger partial charge < -0.3 is 19.7 Å². The van der Waals surface area contributed by atoms with Gasteiger partial charge in [0.1, 0.15) is 18.5 Å². The Morgan fingerprint density at radius 1 is 1.10 bits per heavy atom. The van der Waals surface area contributed by atoms with Crippen molar-refractivity contribution in [3.63, 3.8) is 0 Å². The van der Waals surface area contributed by atoms with Gasteiger partial charge in [-0.15, -0.1) is 0 Å². The summed E-state index contributed by atoms with van der Waals surface area (Å²) >= 11 is 6.09. The largest absolute Gasteiger partial charge is 0.488 e. The van der Waals surface area contributed by atoms with E-state index in [4.69, 9.17) is 26.3 Å². The molecule has 1 amide bonds. The van der Waals surface area contributed by atoms with Gasteiger partial charge in [-0.05, 0) is 67.6 Å². The number of halogens is 4. The average molecular weight is 577 g/mol. The predicted octanol–water partition coefficient (Wildman–Crippen LogP) is 5.12. The number of benzene rings is 2. The zero-order valence-electron chi connectivity index (χ0n) is 22.1. The standard InChI is InChI=1S/C29H32ClF3N4O3/c30-21-2-8-27-20(13-21)14-25(40-27)17-36-9-11-37(12-10-36)28(38)18-39-24-6-4-22(5-7-24)35-23-3-1-19(16-34)26(15-23)29(31,32)33/h1-3,8,13,15,22,24-25,35H,4-7,9-12,14,17-18H2. The van der Waals surface area contributed by atoms with Crippen molar-refractivity contribution < 1.29 is 27.4 Å². The number of anilines is 1. The zero-order chi connectivity index (χ0) is 28.3. The second-order valence-corrected chi connectivity index (χ2v) is 11.1. The minimum Gasteiger partial charge on any atom is -0.488 e. The minimum absolute atomic E-state index is 0.00581. The van der Waals surface area contributed by atoms with Crippen LogP contribution in [0.4, 0.5) is 18.9 Å². The molecule has 1 saturated heterocycles. The van der Waals surface area contributed by atoms with Gasteiger partial charge in [0.2, 0.25) is 5.91 Å². The van der Waals surface area contributed by atoms with E-state index in [1.54, 1.807) is 6.07 Å². The second kappa shape index (κ2) is 12.2. The van der Waals surface area contributed by atoms with Crippen molar-refractivity contribution in [1.82, 2.24) is 9.80 Å². The molecule has 0 bridgehead atoms. The van der Waals surface area contributed by atoms with Crippen LogP contribution in [0.25, 0.3) is 0 Å². The maximum absolute atomic E-state index is 13.3. The fraction of sp³-hybridized carbons (Fsp3) is 0.517. The fourth-order valence-electron chi connectivity index (χ4n) is 5.71. The van der Waals surface area contributed by atoms with Gasteiger partial charge in [-0.3, -0.25) is 9.69 Å². The maximum atomic E-state index is 13.3. The molecule has 2 aliphatic heterocycles. The Kier molecular flexibility index (Phi) is 8.74. The maximum Gasteiger partial charge on any atom is 0.417 e. The first-order valence-electron chi connectivity index (χ1n) is 13.6. The Hall–Kier alpha value is -3.00. The highest BCUT2D eigenvalue weighted by molar-refractivity contribution is 6.30. The number of hydrogen-bond acceptors (Lipinski definition) is 6. The Bertz CT molecular complexity index is 1250. The number of amides is 1. The number of alkyl halides is 3. The van der Waals surface area contributed by atoms with Gasteiger partial charge in [-0.25, -0.2) is 0 Å². The summed E-state index contributed by atoms with van der Waals surface area (Å²) in [5.41, 5.74) is 0.163. The lowest BCUT2D eigenvalue weighted by Crippen LogP contribution is -2.51. The Morgan fingerprint density at radius 3 is 2.55 bits per heavy atom. The molecule has 0 radical (unpaired) electrons. The van der Waals surface area contributed by atoms with E-state index >= 15 is 0 Å². The molecular weight excluding hydrogens is 545 g/mol. The van der Waals surface area contributed by atoms with Crippen LogP contribution in [0.3, 0.4) is 0 Å². The Morgan fingerprint density at radius 2 is 1.85 bits per heavy atom. The summed E-state index contributed by atoms with van der Waals surface area (Å²) in [5, 5.41) is 12.8. The number of carbonyl (C=O) groups excluding carboxylic acids is 1. The molecule has 0 spiro atoms. The first-order valence-corrected chi connectivity index (χ1v) is 14.0. The monoisotopic (exact) mass is 576 g/mol. The van der Waals surface area contributed by atoms with Gasteiger partial charge in [0.15, 0.2) is 0 Å². The van der Waals surface area contributed by atoms with Crippen LogP contribution in [0.2, 0.25) is 5.02 Å². The lowest BCUT2D eigenvalue weighted by Gasteiger charge is -2.36. The molecular formula is C29H32ClF3N4O3. The van der Waals surface area contributed by atoms with Crippen molar-refractivity contribution in [2.45, 2.75) is 56.5 Å². The zero-order valence-corrected chi connectivity index (χ0v) is 22.8. The SMILES string of the molecule is N#Cc1ccc(NC2CCC(OCC(=O)N3CCN(CC4Cc5cc(Cl)ccc5O4)CC3)CC2)cc1C(F)(F)F. The van der Waals surface area contributed by atoms with E-state index < -0.39 is 11.7 Å². The number of nitrogens with zero attached hydrogens (tertiary/aromatic N) is 3. The van der Waals surface area contributed by atoms with E-state index in [9.17, 15) is 18.0 Å². The summed E-state index contributed by atoms with van der Waals surface area (Å²) in [6, 6.07) is 11.0. The van der Waals surface area contributed by atoms with Crippen LogP contribution >= 0.6 is 11.6 Å². The molecule has 1 unspecified atom stereocenters. The quantitative estimate of drug-likeness (QED) is 0.493. The molecule has 0 aromatic heterocycles. The summed E-state index contributed by atoms with van der Waals surface area (Å²) in [4.78, 5) is 16.9. The molecule has 1 saturated carbocycles. The van der Waals surface area contributed by atoms with Crippen molar-refractivity contribution in [1.29, 1.82) is 5.26 Å². The van der Waals surface area contributed by atoms with Crippen LogP contribution in [-0.4, -0.2) is 73.3 Å². The molecule has 11 heteroatoms. The van der Waals surface area contributed by atoms with Gasteiger partial charge >= 0.3 is 6.18 Å². The van der Waals surface area contributed by atoms with E-state index in [-0.39, 0.29) is 36.3 Å². The summed E-state index contributed by atoms with van der Waals surface area (Å²) in [7, 11) is 0. The molecule has 3 aliphatic rings. The first kappa shape index (κ1) is 28.5. The van der Waals surface area contributed by atoms with Gasteiger partial charge in [0.25, 0.3) is 0 Å². The molecule has 1 aliphatic carbocycles. The van der Waals surface area contributed by atoms with Crippen LogP contribution in [0, 0.1) is 11.3 Å². The third-order valence-electron chi connectivity index (χ3n) is 7.88. The lowest BCUT2D eigenvalue weighted by atomic mass is 9.92. The molecule has 2 fully saturated rings. The van der Waals surface area contributed by atoms with Crippen molar-refractivity contribution in [2.75, 3.05) is 44.6 Å². The average Bonchev–Trinajstić information content (AvgIpc) is 3.33. The van der Waals surface area contributed by atoms with Crippen LogP contribution in [0.1, 0.15) is 42.4 Å². The van der Waals surface area contributed by atoms with Crippen LogP contribution < -0.4 is 10.1 Å². The molecule has 5 rings (SSSR count). The number of ether oxygens (including phenoxy) is 2. The van der Waals surface area contributed by atoms with Gasteiger partial charge in [-0.2, -0.15) is 18.4 Å². The Labute approximate surface area is 236 Å². The number of carbonyl (C=O) groups is 1. The van der Waals surface area contributed by atoms with E-state index in [2.05, 4.69) is 10.2 Å². The summed E-state index contributed by atoms with van der Waals surface area (Å²) in [6.07, 6.45) is -0.831. The van der Waals surface area contributed by atoms with E-state index in [0.717, 1.165) is 69.1 Å².